The third-order valence-electron chi connectivity index (χ3n) is 15.0. The molecule has 5 aliphatic rings. The van der Waals surface area contributed by atoms with Crippen LogP contribution in [0.25, 0.3) is 0 Å². The fourth-order valence-electron chi connectivity index (χ4n) is 12.0. The second-order valence-corrected chi connectivity index (χ2v) is 21.5. The van der Waals surface area contributed by atoms with E-state index in [0.29, 0.717) is 67.4 Å². The van der Waals surface area contributed by atoms with Crippen molar-refractivity contribution in [3.8, 4) is 0 Å². The summed E-state index contributed by atoms with van der Waals surface area (Å²) in [5.74, 6) is -3.03. The van der Waals surface area contributed by atoms with Crippen LogP contribution >= 0.6 is 7.82 Å². The molecule has 0 radical (unpaired) electrons. The molecule has 2 saturated carbocycles. The van der Waals surface area contributed by atoms with Gasteiger partial charge in [0.1, 0.15) is 11.5 Å². The van der Waals surface area contributed by atoms with Gasteiger partial charge in [-0.2, -0.15) is 22.0 Å². The van der Waals surface area contributed by atoms with Crippen molar-refractivity contribution < 1.29 is 55.3 Å². The van der Waals surface area contributed by atoms with Crippen molar-refractivity contribution in [3.05, 3.63) is 34.9 Å². The number of hydrogen-bond acceptors (Lipinski definition) is 5. The molecule has 1 amide bonds. The molecule has 2 aliphatic heterocycles. The number of piperidine rings is 2. The maximum absolute atomic E-state index is 13.1. The Hall–Kier alpha value is -1.48. The van der Waals surface area contributed by atoms with Gasteiger partial charge < -0.3 is 24.3 Å². The summed E-state index contributed by atoms with van der Waals surface area (Å²) in [4.78, 5) is 35.4. The Morgan fingerprint density at radius 1 is 0.915 bits per heavy atom. The number of amides is 1. The number of unbranched alkanes of at least 4 members (excludes halogenated alkanes) is 6. The van der Waals surface area contributed by atoms with Crippen molar-refractivity contribution >= 4 is 25.1 Å². The number of fused-ring (bicyclic) bond motifs is 5. The van der Waals surface area contributed by atoms with Gasteiger partial charge in [-0.25, -0.2) is 9.36 Å². The Labute approximate surface area is 350 Å². The molecule has 0 aromatic heterocycles. The lowest BCUT2D eigenvalue weighted by molar-refractivity contribution is -0.284. The summed E-state index contributed by atoms with van der Waals surface area (Å²) >= 11 is -1.40. The van der Waals surface area contributed by atoms with E-state index in [4.69, 9.17) is 4.52 Å². The van der Waals surface area contributed by atoms with E-state index in [2.05, 4.69) is 30.0 Å². The number of rotatable bonds is 18. The van der Waals surface area contributed by atoms with Gasteiger partial charge in [0.15, 0.2) is 0 Å². The van der Waals surface area contributed by atoms with Crippen LogP contribution in [-0.2, 0) is 26.7 Å². The number of carboxylic acid groups (broad SMARTS) is 1. The van der Waals surface area contributed by atoms with Crippen molar-refractivity contribution in [2.75, 3.05) is 31.1 Å². The second kappa shape index (κ2) is 19.9. The third kappa shape index (κ3) is 11.6. The molecule has 0 bridgehead atoms. The van der Waals surface area contributed by atoms with Crippen LogP contribution in [0.1, 0.15) is 158 Å². The molecule has 6 rings (SSSR count). The summed E-state index contributed by atoms with van der Waals surface area (Å²) in [6, 6.07) is 7.92. The molecule has 2 unspecified atom stereocenters. The number of halogens is 5. The topological polar surface area (TPSA) is 134 Å². The molecule has 1 aromatic carbocycles. The van der Waals surface area contributed by atoms with E-state index in [9.17, 15) is 50.8 Å². The van der Waals surface area contributed by atoms with Crippen LogP contribution in [0.15, 0.2) is 18.2 Å². The van der Waals surface area contributed by atoms with Crippen molar-refractivity contribution in [1.82, 2.24) is 9.80 Å². The fourth-order valence-corrected chi connectivity index (χ4v) is 13.9. The molecule has 2 heterocycles. The van der Waals surface area contributed by atoms with E-state index in [1.165, 1.54) is 28.0 Å². The minimum absolute atomic E-state index is 0.146. The van der Waals surface area contributed by atoms with Crippen molar-refractivity contribution in [2.45, 2.75) is 172 Å². The largest absolute Gasteiger partial charge is 0.616 e. The number of alkyl halides is 5. The first-order valence-electron chi connectivity index (χ1n) is 22.3. The molecule has 3 aliphatic carbocycles. The molecule has 9 nitrogen and oxygen atoms in total. The Kier molecular flexibility index (Phi) is 15.9. The van der Waals surface area contributed by atoms with Crippen LogP contribution in [0, 0.1) is 23.2 Å². The quantitative estimate of drug-likeness (QED) is 0.0574. The maximum Gasteiger partial charge on any atom is 0.469 e. The maximum atomic E-state index is 13.1. The molecule has 2 saturated heterocycles. The lowest BCUT2D eigenvalue weighted by atomic mass is 9.52. The molecular formula is C43H66F5N2O7PS. The summed E-state index contributed by atoms with van der Waals surface area (Å²) in [5.41, 5.74) is 3.95. The summed E-state index contributed by atoms with van der Waals surface area (Å²) in [6.45, 7) is 4.38. The normalized spacial score (nSPS) is 30.2. The van der Waals surface area contributed by atoms with Gasteiger partial charge in [0.25, 0.3) is 0 Å². The predicted molar refractivity (Wildman–Crippen MR) is 218 cm³/mol. The first-order chi connectivity index (χ1) is 27.9. The number of benzene rings is 1. The fraction of sp³-hybridized carbons (Fsp3) is 0.837. The predicted octanol–water partition coefficient (Wildman–Crippen LogP) is 10.8. The molecule has 4 fully saturated rings. The van der Waals surface area contributed by atoms with E-state index in [0.717, 1.165) is 103 Å². The first kappa shape index (κ1) is 47.0. The zero-order valence-electron chi connectivity index (χ0n) is 34.6. The van der Waals surface area contributed by atoms with Gasteiger partial charge in [-0.1, -0.05) is 74.8 Å². The Morgan fingerprint density at radius 2 is 1.59 bits per heavy atom. The molecular weight excluding hydrogens is 815 g/mol. The van der Waals surface area contributed by atoms with Gasteiger partial charge in [-0.3, -0.25) is 9.42 Å². The smallest absolute Gasteiger partial charge is 0.469 e. The van der Waals surface area contributed by atoms with E-state index < -0.39 is 56.1 Å². The van der Waals surface area contributed by atoms with E-state index in [1.54, 1.807) is 0 Å². The second-order valence-electron chi connectivity index (χ2n) is 18.6. The SMILES string of the molecule is C[C@]12CC[C@@H]3c4ccc(C5CCCCN5C5CCN(C(=O)O)CC5)cc4C[C@@H](CCCCCCCCC[S+]([O-])CCCC(F)(F)C(F)(F)F)[C@H]3[C@@H]1CC[C@@H]2OP(=O)(O)O. The monoisotopic (exact) mass is 880 g/mol. The molecule has 8 atom stereocenters. The highest BCUT2D eigenvalue weighted by Gasteiger charge is 2.59. The molecule has 0 spiro atoms. The average molecular weight is 881 g/mol. The van der Waals surface area contributed by atoms with Gasteiger partial charge in [0.2, 0.25) is 0 Å². The third-order valence-corrected chi connectivity index (χ3v) is 17.0. The van der Waals surface area contributed by atoms with Crippen molar-refractivity contribution in [2.24, 2.45) is 23.2 Å². The van der Waals surface area contributed by atoms with Crippen LogP contribution in [0.4, 0.5) is 26.7 Å². The molecule has 16 heteroatoms. The summed E-state index contributed by atoms with van der Waals surface area (Å²) in [5, 5.41) is 9.52. The number of phosphoric ester groups is 1. The first-order valence-corrected chi connectivity index (χ1v) is 25.3. The zero-order chi connectivity index (χ0) is 42.6. The lowest BCUT2D eigenvalue weighted by Gasteiger charge is -2.53. The van der Waals surface area contributed by atoms with E-state index >= 15 is 0 Å². The lowest BCUT2D eigenvalue weighted by Crippen LogP contribution is -2.49. The standard InChI is InChI=1S/C43H66F5N2O7PS/c1-41-22-18-35-34-15-14-30(37-13-8-9-23-50(37)33-19-24-49(25-20-33)40(51)52)28-32(34)29-31(39(35)36(41)16-17-38(41)57-58(53,54)55)12-7-5-3-2-4-6-10-26-59(56)27-11-21-42(44,45)43(46,47)48/h14-15,28,31,33,35-39H,2-13,16-27,29H2,1H3,(H,51,52)(H2,53,54,55)/t31-,35-,36+,37?,38+,39-,41+,59?/m1/s1. The van der Waals surface area contributed by atoms with Gasteiger partial charge in [0, 0.05) is 31.6 Å². The van der Waals surface area contributed by atoms with Crippen LogP contribution in [-0.4, -0.2) is 90.7 Å². The number of hydrogen-bond donors (Lipinski definition) is 3. The van der Waals surface area contributed by atoms with Crippen LogP contribution in [0.3, 0.4) is 0 Å². The number of likely N-dealkylation sites (tertiary alicyclic amines) is 2. The van der Waals surface area contributed by atoms with E-state index in [-0.39, 0.29) is 11.2 Å². The van der Waals surface area contributed by atoms with Crippen molar-refractivity contribution in [1.29, 1.82) is 0 Å². The summed E-state index contributed by atoms with van der Waals surface area (Å²) in [6.07, 6.45) is 8.62. The molecule has 336 valence electrons. The highest BCUT2D eigenvalue weighted by Crippen LogP contribution is 2.65. The number of carbonyl (C=O) groups is 1. The Balaban J connectivity index is 1.05. The van der Waals surface area contributed by atoms with Gasteiger partial charge in [0.05, 0.1) is 6.10 Å². The van der Waals surface area contributed by atoms with Crippen LogP contribution in [0.5, 0.6) is 0 Å². The number of nitrogens with zero attached hydrogens (tertiary/aromatic N) is 2. The summed E-state index contributed by atoms with van der Waals surface area (Å²) in [7, 11) is -4.63. The molecule has 59 heavy (non-hydrogen) atoms. The highest BCUT2D eigenvalue weighted by atomic mass is 32.2. The Morgan fingerprint density at radius 3 is 2.27 bits per heavy atom. The minimum Gasteiger partial charge on any atom is -0.616 e. The summed E-state index contributed by atoms with van der Waals surface area (Å²) < 4.78 is 93.1. The van der Waals surface area contributed by atoms with Crippen molar-refractivity contribution in [3.63, 3.8) is 0 Å². The Bertz CT molecular complexity index is 1600. The minimum atomic E-state index is -5.57. The zero-order valence-corrected chi connectivity index (χ0v) is 36.3. The van der Waals surface area contributed by atoms with Gasteiger partial charge >= 0.3 is 26.0 Å². The van der Waals surface area contributed by atoms with Gasteiger partial charge in [-0.05, 0) is 136 Å². The average Bonchev–Trinajstić information content (AvgIpc) is 3.50. The highest BCUT2D eigenvalue weighted by molar-refractivity contribution is 7.91. The van der Waals surface area contributed by atoms with Crippen LogP contribution < -0.4 is 0 Å². The van der Waals surface area contributed by atoms with Crippen LogP contribution in [0.2, 0.25) is 0 Å². The van der Waals surface area contributed by atoms with E-state index in [1.807, 2.05) is 0 Å². The van der Waals surface area contributed by atoms with Gasteiger partial charge in [-0.15, -0.1) is 0 Å². The molecule has 3 N–H and O–H groups in total. The number of phosphoric acid groups is 1. The molecule has 1 aromatic rings.